The van der Waals surface area contributed by atoms with E-state index < -0.39 is 0 Å². The third-order valence-corrected chi connectivity index (χ3v) is 1.84. The monoisotopic (exact) mass is 169 g/mol. The Bertz CT molecular complexity index is 283. The minimum atomic E-state index is 0.716. The SMILES string of the molecule is [2H]C#CSc1ccc(Cl)cc1. The number of hydrogen-bond acceptors (Lipinski definition) is 1. The highest BCUT2D eigenvalue weighted by Crippen LogP contribution is 2.18. The molecule has 0 aromatic heterocycles. The molecule has 0 heterocycles. The molecule has 0 aliphatic carbocycles. The zero-order valence-electron chi connectivity index (χ0n) is 6.10. The van der Waals surface area contributed by atoms with Gasteiger partial charge in [0.05, 0.1) is 0 Å². The highest BCUT2D eigenvalue weighted by atomic mass is 35.5. The van der Waals surface area contributed by atoms with Crippen LogP contribution in [0.2, 0.25) is 5.02 Å². The molecular formula is C8H5ClS. The summed E-state index contributed by atoms with van der Waals surface area (Å²) in [6.45, 7) is 0. The van der Waals surface area contributed by atoms with Crippen LogP contribution >= 0.6 is 23.4 Å². The van der Waals surface area contributed by atoms with Crippen LogP contribution in [-0.2, 0) is 0 Å². The molecule has 0 amide bonds. The number of thioether (sulfide) groups is 1. The van der Waals surface area contributed by atoms with Gasteiger partial charge in [0.25, 0.3) is 0 Å². The average molecular weight is 170 g/mol. The van der Waals surface area contributed by atoms with E-state index in [1.807, 2.05) is 12.1 Å². The fraction of sp³-hybridized carbons (Fsp3) is 0. The first-order valence-electron chi connectivity index (χ1n) is 3.17. The van der Waals surface area contributed by atoms with E-state index in [1.165, 1.54) is 11.8 Å². The molecule has 0 nitrogen and oxygen atoms in total. The van der Waals surface area contributed by atoms with Crippen LogP contribution in [0, 0.1) is 11.7 Å². The van der Waals surface area contributed by atoms with E-state index in [9.17, 15) is 0 Å². The molecule has 0 saturated carbocycles. The molecule has 0 unspecified atom stereocenters. The molecule has 0 bridgehead atoms. The van der Waals surface area contributed by atoms with Crippen LogP contribution in [0.1, 0.15) is 1.37 Å². The maximum Gasteiger partial charge on any atom is 0.125 e. The first kappa shape index (κ1) is 6.15. The number of benzene rings is 1. The van der Waals surface area contributed by atoms with Crippen molar-refractivity contribution in [2.45, 2.75) is 4.90 Å². The molecule has 0 spiro atoms. The van der Waals surface area contributed by atoms with Gasteiger partial charge in [0.1, 0.15) is 1.37 Å². The molecule has 0 aliphatic rings. The highest BCUT2D eigenvalue weighted by molar-refractivity contribution is 8.03. The van der Waals surface area contributed by atoms with Crippen molar-refractivity contribution in [1.29, 1.82) is 0 Å². The van der Waals surface area contributed by atoms with Crippen LogP contribution in [0.25, 0.3) is 0 Å². The molecule has 50 valence electrons. The predicted molar refractivity (Wildman–Crippen MR) is 46.1 cm³/mol. The molecule has 0 atom stereocenters. The lowest BCUT2D eigenvalue weighted by atomic mass is 10.4. The Kier molecular flexibility index (Phi) is 2.19. The van der Waals surface area contributed by atoms with Crippen LogP contribution in [0.15, 0.2) is 29.2 Å². The lowest BCUT2D eigenvalue weighted by Crippen LogP contribution is -1.66. The van der Waals surface area contributed by atoms with E-state index >= 15 is 0 Å². The average Bonchev–Trinajstić information content (AvgIpc) is 2.04. The summed E-state index contributed by atoms with van der Waals surface area (Å²) in [6, 6.07) is 7.35. The van der Waals surface area contributed by atoms with Gasteiger partial charge in [0.2, 0.25) is 0 Å². The largest absolute Gasteiger partial charge is 0.125 e. The lowest BCUT2D eigenvalue weighted by molar-refractivity contribution is 1.47. The minimum Gasteiger partial charge on any atom is -0.108 e. The van der Waals surface area contributed by atoms with Gasteiger partial charge in [-0.15, -0.1) is 6.40 Å². The van der Waals surface area contributed by atoms with Gasteiger partial charge in [-0.3, -0.25) is 0 Å². The molecule has 1 rings (SSSR count). The summed E-state index contributed by atoms with van der Waals surface area (Å²) in [5.41, 5.74) is 0. The van der Waals surface area contributed by atoms with Crippen molar-refractivity contribution in [3.05, 3.63) is 29.3 Å². The van der Waals surface area contributed by atoms with Crippen molar-refractivity contribution in [2.75, 3.05) is 0 Å². The van der Waals surface area contributed by atoms with Gasteiger partial charge in [-0.2, -0.15) is 0 Å². The van der Waals surface area contributed by atoms with Crippen LogP contribution in [0.3, 0.4) is 0 Å². The second kappa shape index (κ2) is 3.55. The Morgan fingerprint density at radius 1 is 1.50 bits per heavy atom. The lowest BCUT2D eigenvalue weighted by Gasteiger charge is -1.91. The van der Waals surface area contributed by atoms with Gasteiger partial charge in [-0.25, -0.2) is 0 Å². The maximum atomic E-state index is 6.59. The van der Waals surface area contributed by atoms with E-state index in [2.05, 4.69) is 11.7 Å². The standard InChI is InChI=1S/C8H5ClS/c1-2-10-8-5-3-7(9)4-6-8/h1,3-6H/i1D. The zero-order chi connectivity index (χ0) is 8.10. The van der Waals surface area contributed by atoms with Crippen molar-refractivity contribution in [1.82, 2.24) is 0 Å². The third-order valence-electron chi connectivity index (χ3n) is 0.983. The molecule has 2 heteroatoms. The fourth-order valence-electron chi connectivity index (χ4n) is 0.562. The molecule has 0 aliphatic heterocycles. The summed E-state index contributed by atoms with van der Waals surface area (Å²) in [6.07, 6.45) is 2.06. The first-order valence-corrected chi connectivity index (χ1v) is 3.86. The zero-order valence-corrected chi connectivity index (χ0v) is 6.67. The van der Waals surface area contributed by atoms with Crippen LogP contribution < -0.4 is 0 Å². The number of rotatable bonds is 1. The van der Waals surface area contributed by atoms with Crippen molar-refractivity contribution in [3.8, 4) is 11.7 Å². The quantitative estimate of drug-likeness (QED) is 0.460. The maximum absolute atomic E-state index is 6.59. The van der Waals surface area contributed by atoms with Gasteiger partial charge in [-0.05, 0) is 41.3 Å². The second-order valence-electron chi connectivity index (χ2n) is 1.66. The van der Waals surface area contributed by atoms with Crippen LogP contribution in [0.5, 0.6) is 0 Å². The molecule has 1 aromatic rings. The Morgan fingerprint density at radius 2 is 2.20 bits per heavy atom. The van der Waals surface area contributed by atoms with Gasteiger partial charge in [0, 0.05) is 9.92 Å². The van der Waals surface area contributed by atoms with Gasteiger partial charge in [0.15, 0.2) is 0 Å². The van der Waals surface area contributed by atoms with Crippen molar-refractivity contribution in [2.24, 2.45) is 0 Å². The summed E-state index contributed by atoms with van der Waals surface area (Å²) >= 11 is 6.99. The summed E-state index contributed by atoms with van der Waals surface area (Å²) < 4.78 is 6.59. The van der Waals surface area contributed by atoms with E-state index in [-0.39, 0.29) is 0 Å². The smallest absolute Gasteiger partial charge is 0.108 e. The van der Waals surface area contributed by atoms with Crippen LogP contribution in [-0.4, -0.2) is 0 Å². The van der Waals surface area contributed by atoms with E-state index in [4.69, 9.17) is 13.0 Å². The summed E-state index contributed by atoms with van der Waals surface area (Å²) in [5.74, 6) is 0. The van der Waals surface area contributed by atoms with Gasteiger partial charge < -0.3 is 0 Å². The molecule has 10 heavy (non-hydrogen) atoms. The summed E-state index contributed by atoms with van der Waals surface area (Å²) in [5, 5.41) is 3.29. The molecular weight excluding hydrogens is 164 g/mol. The molecule has 1 aromatic carbocycles. The topological polar surface area (TPSA) is 0 Å². The van der Waals surface area contributed by atoms with E-state index in [0.717, 1.165) is 4.90 Å². The molecule has 0 saturated heterocycles. The van der Waals surface area contributed by atoms with E-state index in [0.29, 0.717) is 5.02 Å². The Labute approximate surface area is 71.0 Å². The molecule has 0 N–H and O–H groups in total. The number of hydrogen-bond donors (Lipinski definition) is 0. The van der Waals surface area contributed by atoms with Crippen LogP contribution in [0.4, 0.5) is 0 Å². The molecule has 0 radical (unpaired) electrons. The Morgan fingerprint density at radius 3 is 2.80 bits per heavy atom. The Hall–Kier alpha value is -0.580. The number of halogens is 1. The normalized spacial score (nSPS) is 9.50. The third kappa shape index (κ3) is 1.98. The minimum absolute atomic E-state index is 0.716. The van der Waals surface area contributed by atoms with Crippen molar-refractivity contribution in [3.63, 3.8) is 0 Å². The van der Waals surface area contributed by atoms with E-state index in [1.54, 1.807) is 12.1 Å². The fourth-order valence-corrected chi connectivity index (χ4v) is 1.08. The first-order chi connectivity index (χ1) is 5.33. The Balaban J connectivity index is 2.71. The number of terminal acetylenes is 1. The van der Waals surface area contributed by atoms with Gasteiger partial charge >= 0.3 is 0 Å². The summed E-state index contributed by atoms with van der Waals surface area (Å²) in [4.78, 5) is 1.01. The second-order valence-corrected chi connectivity index (χ2v) is 2.97. The highest BCUT2D eigenvalue weighted by Gasteiger charge is 1.88. The van der Waals surface area contributed by atoms with Crippen molar-refractivity contribution >= 4 is 23.4 Å². The predicted octanol–water partition coefficient (Wildman–Crippen LogP) is 3.02. The molecule has 0 fully saturated rings. The van der Waals surface area contributed by atoms with Gasteiger partial charge in [-0.1, -0.05) is 11.6 Å². The van der Waals surface area contributed by atoms with Crippen molar-refractivity contribution < 1.29 is 1.37 Å². The summed E-state index contributed by atoms with van der Waals surface area (Å²) in [7, 11) is 0.